The van der Waals surface area contributed by atoms with E-state index in [0.717, 1.165) is 42.7 Å². The summed E-state index contributed by atoms with van der Waals surface area (Å²) in [6.45, 7) is 4.29. The zero-order valence-electron chi connectivity index (χ0n) is 13.8. The van der Waals surface area contributed by atoms with Gasteiger partial charge in [-0.15, -0.1) is 0 Å². The molecule has 4 aliphatic carbocycles. The van der Waals surface area contributed by atoms with E-state index in [4.69, 9.17) is 0 Å². The fraction of sp³-hybridized carbons (Fsp3) is 0.650. The molecular formula is C20H27NO. The molecule has 0 spiro atoms. The standard InChI is InChI=1S/C20H27NO/c1-14(2)21(18-6-4-3-5-7-18)19(22)20-11-15-8-16(12-20)10-17(9-15)13-20/h3-7,14-17H,8-13H2,1-2H3. The number of para-hydroxylation sites is 1. The highest BCUT2D eigenvalue weighted by Gasteiger charge is 2.55. The van der Waals surface area contributed by atoms with Gasteiger partial charge in [0.15, 0.2) is 0 Å². The van der Waals surface area contributed by atoms with Gasteiger partial charge in [0, 0.05) is 11.7 Å². The topological polar surface area (TPSA) is 20.3 Å². The first-order valence-corrected chi connectivity index (χ1v) is 8.96. The third-order valence-electron chi connectivity index (χ3n) is 6.26. The number of carbonyl (C=O) groups excluding carboxylic acids is 1. The maximum atomic E-state index is 13.6. The zero-order chi connectivity index (χ0) is 15.3. The molecule has 0 N–H and O–H groups in total. The molecule has 4 aliphatic rings. The second-order valence-corrected chi connectivity index (χ2v) is 8.30. The second-order valence-electron chi connectivity index (χ2n) is 8.30. The smallest absolute Gasteiger partial charge is 0.233 e. The molecule has 0 atom stereocenters. The van der Waals surface area contributed by atoms with E-state index in [2.05, 4.69) is 30.9 Å². The van der Waals surface area contributed by atoms with Gasteiger partial charge in [-0.3, -0.25) is 4.79 Å². The van der Waals surface area contributed by atoms with E-state index in [-0.39, 0.29) is 11.5 Å². The van der Waals surface area contributed by atoms with E-state index in [0.29, 0.717) is 5.91 Å². The average Bonchev–Trinajstić information content (AvgIpc) is 2.46. The molecule has 0 saturated heterocycles. The quantitative estimate of drug-likeness (QED) is 0.795. The van der Waals surface area contributed by atoms with Gasteiger partial charge < -0.3 is 4.90 Å². The minimum atomic E-state index is -0.0468. The van der Waals surface area contributed by atoms with Gasteiger partial charge in [0.1, 0.15) is 0 Å². The molecule has 22 heavy (non-hydrogen) atoms. The maximum absolute atomic E-state index is 13.6. The summed E-state index contributed by atoms with van der Waals surface area (Å²) < 4.78 is 0. The highest BCUT2D eigenvalue weighted by atomic mass is 16.2. The van der Waals surface area contributed by atoms with Crippen LogP contribution in [-0.2, 0) is 4.79 Å². The van der Waals surface area contributed by atoms with Crippen LogP contribution in [-0.4, -0.2) is 11.9 Å². The minimum Gasteiger partial charge on any atom is -0.309 e. The van der Waals surface area contributed by atoms with Crippen molar-refractivity contribution in [2.75, 3.05) is 4.90 Å². The molecule has 0 radical (unpaired) electrons. The molecule has 0 heterocycles. The SMILES string of the molecule is CC(C)N(C(=O)C12CC3CC(CC(C3)C1)C2)c1ccccc1. The molecule has 2 heteroatoms. The molecule has 1 aromatic rings. The first kappa shape index (κ1) is 14.3. The van der Waals surface area contributed by atoms with Crippen LogP contribution in [0.3, 0.4) is 0 Å². The van der Waals surface area contributed by atoms with E-state index in [1.165, 1.54) is 19.3 Å². The molecular weight excluding hydrogens is 270 g/mol. The predicted octanol–water partition coefficient (Wildman–Crippen LogP) is 4.64. The van der Waals surface area contributed by atoms with Crippen molar-refractivity contribution in [2.45, 2.75) is 58.4 Å². The zero-order valence-corrected chi connectivity index (χ0v) is 13.8. The fourth-order valence-electron chi connectivity index (χ4n) is 5.87. The number of hydrogen-bond acceptors (Lipinski definition) is 1. The lowest BCUT2D eigenvalue weighted by Gasteiger charge is -2.57. The molecule has 0 aromatic heterocycles. The Balaban J connectivity index is 1.67. The number of rotatable bonds is 3. The number of amides is 1. The summed E-state index contributed by atoms with van der Waals surface area (Å²) in [4.78, 5) is 15.6. The second kappa shape index (κ2) is 5.11. The van der Waals surface area contributed by atoms with Crippen LogP contribution < -0.4 is 4.90 Å². The average molecular weight is 297 g/mol. The van der Waals surface area contributed by atoms with Crippen molar-refractivity contribution in [3.8, 4) is 0 Å². The molecule has 5 rings (SSSR count). The number of anilines is 1. The highest BCUT2D eigenvalue weighted by Crippen LogP contribution is 2.60. The molecule has 4 saturated carbocycles. The van der Waals surface area contributed by atoms with Gasteiger partial charge in [0.25, 0.3) is 0 Å². The lowest BCUT2D eigenvalue weighted by molar-refractivity contribution is -0.143. The number of carbonyl (C=O) groups is 1. The normalized spacial score (nSPS) is 35.9. The third kappa shape index (κ3) is 2.19. The minimum absolute atomic E-state index is 0.0468. The molecule has 1 aromatic carbocycles. The molecule has 4 fully saturated rings. The van der Waals surface area contributed by atoms with Crippen molar-refractivity contribution in [1.29, 1.82) is 0 Å². The van der Waals surface area contributed by atoms with Crippen molar-refractivity contribution in [3.63, 3.8) is 0 Å². The number of benzene rings is 1. The van der Waals surface area contributed by atoms with E-state index in [1.54, 1.807) is 0 Å². The summed E-state index contributed by atoms with van der Waals surface area (Å²) >= 11 is 0. The fourth-order valence-corrected chi connectivity index (χ4v) is 5.87. The Morgan fingerprint density at radius 2 is 1.50 bits per heavy atom. The van der Waals surface area contributed by atoms with Crippen molar-refractivity contribution < 1.29 is 4.79 Å². The van der Waals surface area contributed by atoms with Crippen molar-refractivity contribution in [1.82, 2.24) is 0 Å². The summed E-state index contributed by atoms with van der Waals surface area (Å²) in [7, 11) is 0. The van der Waals surface area contributed by atoms with Gasteiger partial charge >= 0.3 is 0 Å². The van der Waals surface area contributed by atoms with Crippen LogP contribution in [0.5, 0.6) is 0 Å². The van der Waals surface area contributed by atoms with Crippen LogP contribution in [0.2, 0.25) is 0 Å². The Hall–Kier alpha value is -1.31. The molecule has 4 bridgehead atoms. The van der Waals surface area contributed by atoms with Gasteiger partial charge in [-0.25, -0.2) is 0 Å². The van der Waals surface area contributed by atoms with E-state index < -0.39 is 0 Å². The summed E-state index contributed by atoms with van der Waals surface area (Å²) in [5.41, 5.74) is 1.02. The van der Waals surface area contributed by atoms with Crippen LogP contribution in [0.25, 0.3) is 0 Å². The molecule has 118 valence electrons. The summed E-state index contributed by atoms with van der Waals surface area (Å²) in [5.74, 6) is 2.87. The summed E-state index contributed by atoms with van der Waals surface area (Å²) in [5, 5.41) is 0. The summed E-state index contributed by atoms with van der Waals surface area (Å²) in [6, 6.07) is 10.5. The highest BCUT2D eigenvalue weighted by molar-refractivity contribution is 5.98. The van der Waals surface area contributed by atoms with Gasteiger partial charge in [0.2, 0.25) is 5.91 Å². The van der Waals surface area contributed by atoms with E-state index in [9.17, 15) is 4.79 Å². The van der Waals surface area contributed by atoms with Crippen LogP contribution in [0, 0.1) is 23.2 Å². The van der Waals surface area contributed by atoms with Gasteiger partial charge in [0.05, 0.1) is 5.41 Å². The Kier molecular flexibility index (Phi) is 3.32. The Labute approximate surface area is 133 Å². The predicted molar refractivity (Wildman–Crippen MR) is 89.7 cm³/mol. The maximum Gasteiger partial charge on any atom is 0.233 e. The van der Waals surface area contributed by atoms with Crippen LogP contribution in [0.4, 0.5) is 5.69 Å². The lowest BCUT2D eigenvalue weighted by Crippen LogP contribution is -2.56. The molecule has 2 nitrogen and oxygen atoms in total. The number of nitrogens with zero attached hydrogens (tertiary/aromatic N) is 1. The van der Waals surface area contributed by atoms with Crippen LogP contribution >= 0.6 is 0 Å². The third-order valence-corrected chi connectivity index (χ3v) is 6.26. The van der Waals surface area contributed by atoms with Crippen LogP contribution in [0.1, 0.15) is 52.4 Å². The Morgan fingerprint density at radius 1 is 1.00 bits per heavy atom. The molecule has 0 unspecified atom stereocenters. The largest absolute Gasteiger partial charge is 0.309 e. The molecule has 0 aliphatic heterocycles. The monoisotopic (exact) mass is 297 g/mol. The Bertz CT molecular complexity index is 527. The number of hydrogen-bond donors (Lipinski definition) is 0. The Morgan fingerprint density at radius 3 is 1.95 bits per heavy atom. The van der Waals surface area contributed by atoms with E-state index in [1.807, 2.05) is 18.2 Å². The van der Waals surface area contributed by atoms with Gasteiger partial charge in [-0.2, -0.15) is 0 Å². The molecule has 1 amide bonds. The first-order chi connectivity index (χ1) is 10.6. The van der Waals surface area contributed by atoms with Crippen LogP contribution in [0.15, 0.2) is 30.3 Å². The van der Waals surface area contributed by atoms with Crippen molar-refractivity contribution in [3.05, 3.63) is 30.3 Å². The summed E-state index contributed by atoms with van der Waals surface area (Å²) in [6.07, 6.45) is 7.61. The van der Waals surface area contributed by atoms with E-state index >= 15 is 0 Å². The van der Waals surface area contributed by atoms with Crippen molar-refractivity contribution >= 4 is 11.6 Å². The van der Waals surface area contributed by atoms with Gasteiger partial charge in [-0.1, -0.05) is 18.2 Å². The first-order valence-electron chi connectivity index (χ1n) is 8.96. The van der Waals surface area contributed by atoms with Crippen molar-refractivity contribution in [2.24, 2.45) is 23.2 Å². The van der Waals surface area contributed by atoms with Gasteiger partial charge in [-0.05, 0) is 82.3 Å². The lowest BCUT2D eigenvalue weighted by atomic mass is 9.49.